The minimum absolute atomic E-state index is 0.0297. The number of benzene rings is 2. The number of carbonyl (C=O) groups is 2. The van der Waals surface area contributed by atoms with Gasteiger partial charge in [-0.25, -0.2) is 4.98 Å². The second kappa shape index (κ2) is 9.37. The minimum atomic E-state index is -4.72. The molecule has 0 atom stereocenters. The summed E-state index contributed by atoms with van der Waals surface area (Å²) in [6.07, 6.45) is -1.30. The molecule has 0 saturated heterocycles. The van der Waals surface area contributed by atoms with Crippen LogP contribution in [0.3, 0.4) is 0 Å². The van der Waals surface area contributed by atoms with Crippen LogP contribution in [0.5, 0.6) is 0 Å². The first-order chi connectivity index (χ1) is 16.7. The number of pyridine rings is 1. The summed E-state index contributed by atoms with van der Waals surface area (Å²) in [6, 6.07) is 11.1. The highest BCUT2D eigenvalue weighted by Gasteiger charge is 2.35. The molecule has 2 aromatic heterocycles. The Morgan fingerprint density at radius 3 is 2.17 bits per heavy atom. The molecule has 0 aliphatic carbocycles. The van der Waals surface area contributed by atoms with Gasteiger partial charge in [0.15, 0.2) is 0 Å². The Bertz CT molecular complexity index is 1410. The van der Waals surface area contributed by atoms with Crippen molar-refractivity contribution in [2.75, 3.05) is 19.4 Å². The van der Waals surface area contributed by atoms with Crippen molar-refractivity contribution >= 4 is 34.1 Å². The summed E-state index contributed by atoms with van der Waals surface area (Å²) in [7, 11) is 2.85. The first-order valence-corrected chi connectivity index (χ1v) is 10.4. The first-order valence-electron chi connectivity index (χ1n) is 10.4. The van der Waals surface area contributed by atoms with Crippen LogP contribution in [0.25, 0.3) is 22.2 Å². The third-order valence-corrected chi connectivity index (χ3v) is 5.21. The van der Waals surface area contributed by atoms with E-state index in [-0.39, 0.29) is 39.1 Å². The van der Waals surface area contributed by atoms with Crippen LogP contribution >= 0.6 is 0 Å². The van der Waals surface area contributed by atoms with Gasteiger partial charge in [0.1, 0.15) is 5.69 Å². The highest BCUT2D eigenvalue weighted by Crippen LogP contribution is 2.41. The van der Waals surface area contributed by atoms with Gasteiger partial charge >= 0.3 is 6.18 Å². The SMILES string of the molecule is CNC(=O)c1cnc(-c2cc3c(Nc4ccccc4)c(C(=O)NC)cnc3cc2C(F)(F)F)cn1. The van der Waals surface area contributed by atoms with Crippen LogP contribution in [-0.4, -0.2) is 40.9 Å². The Morgan fingerprint density at radius 2 is 1.57 bits per heavy atom. The van der Waals surface area contributed by atoms with Gasteiger partial charge in [-0.15, -0.1) is 0 Å². The highest BCUT2D eigenvalue weighted by molar-refractivity contribution is 6.09. The summed E-state index contributed by atoms with van der Waals surface area (Å²) in [5, 5.41) is 8.30. The number of nitrogens with one attached hydrogen (secondary N) is 3. The van der Waals surface area contributed by atoms with Gasteiger partial charge in [0, 0.05) is 36.9 Å². The molecule has 0 bridgehead atoms. The standard InChI is InChI=1S/C24H19F3N6O2/c1-28-22(34)16-10-30-18-9-17(24(25,26)27)14(19-11-32-20(12-31-19)23(35)29-2)8-15(18)21(16)33-13-6-4-3-5-7-13/h3-12H,1-2H3,(H,28,34)(H,29,35)(H,30,33). The average Bonchev–Trinajstić information content (AvgIpc) is 2.87. The Hall–Kier alpha value is -4.54. The van der Waals surface area contributed by atoms with Crippen molar-refractivity contribution in [2.24, 2.45) is 0 Å². The highest BCUT2D eigenvalue weighted by atomic mass is 19.4. The molecular formula is C24H19F3N6O2. The van der Waals surface area contributed by atoms with Gasteiger partial charge in [0.2, 0.25) is 0 Å². The van der Waals surface area contributed by atoms with Crippen molar-refractivity contribution in [3.8, 4) is 11.3 Å². The van der Waals surface area contributed by atoms with E-state index in [1.54, 1.807) is 24.3 Å². The average molecular weight is 480 g/mol. The molecule has 2 aromatic carbocycles. The zero-order valence-corrected chi connectivity index (χ0v) is 18.6. The maximum atomic E-state index is 14.0. The van der Waals surface area contributed by atoms with E-state index < -0.39 is 23.6 Å². The lowest BCUT2D eigenvalue weighted by atomic mass is 9.98. The summed E-state index contributed by atoms with van der Waals surface area (Å²) in [4.78, 5) is 36.4. The number of aromatic nitrogens is 3. The molecule has 3 N–H and O–H groups in total. The quantitative estimate of drug-likeness (QED) is 0.396. The fraction of sp³-hybridized carbons (Fsp3) is 0.125. The zero-order chi connectivity index (χ0) is 25.2. The maximum absolute atomic E-state index is 14.0. The minimum Gasteiger partial charge on any atom is -0.355 e. The molecule has 0 saturated carbocycles. The fourth-order valence-corrected chi connectivity index (χ4v) is 3.51. The Kier molecular flexibility index (Phi) is 6.32. The molecule has 0 spiro atoms. The molecule has 0 aliphatic heterocycles. The number of hydrogen-bond acceptors (Lipinski definition) is 6. The predicted molar refractivity (Wildman–Crippen MR) is 124 cm³/mol. The molecule has 2 amide bonds. The summed E-state index contributed by atoms with van der Waals surface area (Å²) in [5.41, 5.74) is -0.293. The summed E-state index contributed by atoms with van der Waals surface area (Å²) >= 11 is 0. The fourth-order valence-electron chi connectivity index (χ4n) is 3.51. The lowest BCUT2D eigenvalue weighted by molar-refractivity contribution is -0.137. The Balaban J connectivity index is 1.98. The molecule has 11 heteroatoms. The molecule has 8 nitrogen and oxygen atoms in total. The largest absolute Gasteiger partial charge is 0.417 e. The lowest BCUT2D eigenvalue weighted by Gasteiger charge is -2.18. The third-order valence-electron chi connectivity index (χ3n) is 5.21. The number of fused-ring (bicyclic) bond motifs is 1. The molecule has 0 aliphatic rings. The van der Waals surface area contributed by atoms with E-state index in [0.29, 0.717) is 5.69 Å². The monoisotopic (exact) mass is 480 g/mol. The number of hydrogen-bond donors (Lipinski definition) is 3. The van der Waals surface area contributed by atoms with Crippen LogP contribution in [0.1, 0.15) is 26.4 Å². The first kappa shape index (κ1) is 23.6. The summed E-state index contributed by atoms with van der Waals surface area (Å²) < 4.78 is 42.0. The molecule has 0 fully saturated rings. The molecule has 178 valence electrons. The van der Waals surface area contributed by atoms with E-state index in [1.165, 1.54) is 26.4 Å². The van der Waals surface area contributed by atoms with Crippen LogP contribution in [0.2, 0.25) is 0 Å². The zero-order valence-electron chi connectivity index (χ0n) is 18.6. The van der Waals surface area contributed by atoms with Crippen LogP contribution in [0.4, 0.5) is 24.5 Å². The number of para-hydroxylation sites is 1. The molecular weight excluding hydrogens is 461 g/mol. The van der Waals surface area contributed by atoms with Crippen molar-refractivity contribution in [1.82, 2.24) is 25.6 Å². The van der Waals surface area contributed by atoms with Crippen LogP contribution in [-0.2, 0) is 6.18 Å². The number of amides is 2. The van der Waals surface area contributed by atoms with Gasteiger partial charge in [-0.1, -0.05) is 18.2 Å². The number of carbonyl (C=O) groups excluding carboxylic acids is 2. The topological polar surface area (TPSA) is 109 Å². The maximum Gasteiger partial charge on any atom is 0.417 e. The van der Waals surface area contributed by atoms with Gasteiger partial charge in [-0.2, -0.15) is 13.2 Å². The molecule has 2 heterocycles. The third kappa shape index (κ3) is 4.74. The van der Waals surface area contributed by atoms with Crippen molar-refractivity contribution in [2.45, 2.75) is 6.18 Å². The van der Waals surface area contributed by atoms with E-state index in [4.69, 9.17) is 0 Å². The van der Waals surface area contributed by atoms with Crippen LogP contribution in [0, 0.1) is 0 Å². The molecule has 0 radical (unpaired) electrons. The van der Waals surface area contributed by atoms with Crippen molar-refractivity contribution < 1.29 is 22.8 Å². The Morgan fingerprint density at radius 1 is 0.857 bits per heavy atom. The van der Waals surface area contributed by atoms with E-state index >= 15 is 0 Å². The molecule has 4 rings (SSSR count). The van der Waals surface area contributed by atoms with E-state index in [1.807, 2.05) is 6.07 Å². The van der Waals surface area contributed by atoms with Crippen LogP contribution in [0.15, 0.2) is 61.1 Å². The smallest absolute Gasteiger partial charge is 0.355 e. The molecule has 0 unspecified atom stereocenters. The van der Waals surface area contributed by atoms with E-state index in [9.17, 15) is 22.8 Å². The number of halogens is 3. The Labute approximate surface area is 197 Å². The molecule has 4 aromatic rings. The van der Waals surface area contributed by atoms with Gasteiger partial charge in [0.05, 0.1) is 40.4 Å². The second-order valence-corrected chi connectivity index (χ2v) is 7.40. The van der Waals surface area contributed by atoms with E-state index in [0.717, 1.165) is 18.5 Å². The number of rotatable bonds is 5. The summed E-state index contributed by atoms with van der Waals surface area (Å²) in [5.74, 6) is -0.985. The van der Waals surface area contributed by atoms with Gasteiger partial charge in [0.25, 0.3) is 11.8 Å². The number of anilines is 2. The molecule has 35 heavy (non-hydrogen) atoms. The normalized spacial score (nSPS) is 11.2. The van der Waals surface area contributed by atoms with Crippen molar-refractivity contribution in [3.05, 3.63) is 77.9 Å². The lowest BCUT2D eigenvalue weighted by Crippen LogP contribution is -2.20. The predicted octanol–water partition coefficient (Wildman–Crippen LogP) is 4.17. The van der Waals surface area contributed by atoms with Gasteiger partial charge in [-0.05, 0) is 24.3 Å². The second-order valence-electron chi connectivity index (χ2n) is 7.40. The van der Waals surface area contributed by atoms with Gasteiger partial charge < -0.3 is 16.0 Å². The van der Waals surface area contributed by atoms with Crippen LogP contribution < -0.4 is 16.0 Å². The number of alkyl halides is 3. The van der Waals surface area contributed by atoms with Crippen molar-refractivity contribution in [3.63, 3.8) is 0 Å². The summed E-state index contributed by atoms with van der Waals surface area (Å²) in [6.45, 7) is 0. The van der Waals surface area contributed by atoms with Gasteiger partial charge in [-0.3, -0.25) is 19.6 Å². The van der Waals surface area contributed by atoms with E-state index in [2.05, 4.69) is 30.9 Å². The number of nitrogens with zero attached hydrogens (tertiary/aromatic N) is 3. The van der Waals surface area contributed by atoms with Crippen molar-refractivity contribution in [1.29, 1.82) is 0 Å².